The highest BCUT2D eigenvalue weighted by Gasteiger charge is 2.31. The third kappa shape index (κ3) is 7.94. The van der Waals surface area contributed by atoms with Gasteiger partial charge in [0.15, 0.2) is 0 Å². The zero-order valence-electron chi connectivity index (χ0n) is 19.9. The molecular weight excluding hydrogens is 551 g/mol. The van der Waals surface area contributed by atoms with Crippen LogP contribution in [0.2, 0.25) is 10.0 Å². The van der Waals surface area contributed by atoms with Gasteiger partial charge in [0, 0.05) is 26.9 Å². The molecule has 0 saturated heterocycles. The number of rotatable bonds is 8. The number of benzene rings is 3. The van der Waals surface area contributed by atoms with Crippen molar-refractivity contribution in [1.82, 2.24) is 14.5 Å². The predicted octanol–water partition coefficient (Wildman–Crippen LogP) is 4.63. The van der Waals surface area contributed by atoms with Crippen molar-refractivity contribution in [2.75, 3.05) is 13.1 Å². The average molecular weight is 578 g/mol. The van der Waals surface area contributed by atoms with Crippen LogP contribution in [0.3, 0.4) is 0 Å². The Balaban J connectivity index is 1.65. The van der Waals surface area contributed by atoms with Crippen LogP contribution in [0.15, 0.2) is 93.9 Å². The van der Waals surface area contributed by atoms with E-state index >= 15 is 0 Å². The van der Waals surface area contributed by atoms with Gasteiger partial charge in [-0.2, -0.15) is 18.2 Å². The first-order chi connectivity index (χ1) is 17.7. The van der Waals surface area contributed by atoms with Crippen LogP contribution >= 0.6 is 35.1 Å². The van der Waals surface area contributed by atoms with Crippen molar-refractivity contribution in [2.24, 2.45) is 15.2 Å². The fourth-order valence-corrected chi connectivity index (χ4v) is 5.32. The highest BCUT2D eigenvalue weighted by atomic mass is 35.5. The zero-order chi connectivity index (χ0) is 26.4. The molecule has 12 heteroatoms. The number of nitrogens with two attached hydrogens (primary N) is 1. The minimum absolute atomic E-state index is 0.0186. The Morgan fingerprint density at radius 2 is 1.70 bits per heavy atom. The topological polar surface area (TPSA) is 112 Å². The van der Waals surface area contributed by atoms with E-state index in [-0.39, 0.29) is 12.5 Å². The summed E-state index contributed by atoms with van der Waals surface area (Å²) in [6.07, 6.45) is 0. The van der Waals surface area contributed by atoms with Crippen LogP contribution in [-0.2, 0) is 10.2 Å². The van der Waals surface area contributed by atoms with Gasteiger partial charge in [0.25, 0.3) is 10.2 Å². The SMILES string of the molecule is C[C@H](CN=C(NSc1ccc(Cl)cc1)N1C[C@@H](c2ccccc2)C(c2ccc(Cl)cc2)=N1)NS(N)(=O)=O. The normalized spacial score (nSPS) is 17.0. The number of halogens is 2. The van der Waals surface area contributed by atoms with Crippen LogP contribution in [-0.4, -0.2) is 44.2 Å². The number of nitrogens with zero attached hydrogens (tertiary/aromatic N) is 3. The second-order valence-corrected chi connectivity index (χ2v) is 11.5. The average Bonchev–Trinajstić information content (AvgIpc) is 3.30. The molecule has 0 bridgehead atoms. The van der Waals surface area contributed by atoms with Gasteiger partial charge in [-0.15, -0.1) is 0 Å². The molecule has 0 saturated carbocycles. The standard InChI is InChI=1S/C25H26Cl2N6O2S2/c1-17(32-37(28,34)35)15-29-25(31-36-22-13-11-21(27)12-14-22)33-16-23(18-5-3-2-4-6-18)24(30-33)19-7-9-20(26)10-8-19/h2-14,17,23,32H,15-16H2,1H3,(H,29,31)(H2,28,34,35)/t17-,23+/m1/s1. The lowest BCUT2D eigenvalue weighted by Gasteiger charge is -2.20. The monoisotopic (exact) mass is 576 g/mol. The molecule has 8 nitrogen and oxygen atoms in total. The Morgan fingerprint density at radius 1 is 1.08 bits per heavy atom. The lowest BCUT2D eigenvalue weighted by molar-refractivity contribution is 0.462. The molecule has 0 fully saturated rings. The van der Waals surface area contributed by atoms with Crippen LogP contribution in [0, 0.1) is 0 Å². The molecule has 0 aliphatic carbocycles. The summed E-state index contributed by atoms with van der Waals surface area (Å²) in [4.78, 5) is 5.59. The maximum absolute atomic E-state index is 11.5. The third-order valence-electron chi connectivity index (χ3n) is 5.45. The van der Waals surface area contributed by atoms with Gasteiger partial charge in [0.05, 0.1) is 18.8 Å². The van der Waals surface area contributed by atoms with Crippen LogP contribution in [0.1, 0.15) is 24.0 Å². The first-order valence-electron chi connectivity index (χ1n) is 11.4. The van der Waals surface area contributed by atoms with Crippen LogP contribution in [0.4, 0.5) is 0 Å². The molecule has 1 heterocycles. The fraction of sp³-hybridized carbons (Fsp3) is 0.200. The fourth-order valence-electron chi connectivity index (χ4n) is 3.78. The lowest BCUT2D eigenvalue weighted by atomic mass is 9.91. The summed E-state index contributed by atoms with van der Waals surface area (Å²) in [6.45, 7) is 2.38. The Hall–Kier alpha value is -2.60. The summed E-state index contributed by atoms with van der Waals surface area (Å²) in [5, 5.41) is 13.2. The molecule has 3 aromatic carbocycles. The maximum Gasteiger partial charge on any atom is 0.274 e. The molecular formula is C25H26Cl2N6O2S2. The van der Waals surface area contributed by atoms with E-state index in [0.717, 1.165) is 21.7 Å². The van der Waals surface area contributed by atoms with E-state index in [4.69, 9.17) is 33.4 Å². The lowest BCUT2D eigenvalue weighted by Crippen LogP contribution is -2.40. The van der Waals surface area contributed by atoms with Crippen LogP contribution < -0.4 is 14.6 Å². The molecule has 2 atom stereocenters. The minimum atomic E-state index is -3.85. The number of hydrazone groups is 1. The number of hydrogen-bond donors (Lipinski definition) is 3. The van der Waals surface area contributed by atoms with Crippen molar-refractivity contribution < 1.29 is 8.42 Å². The smallest absolute Gasteiger partial charge is 0.274 e. The van der Waals surface area contributed by atoms with Gasteiger partial charge in [-0.25, -0.2) is 15.1 Å². The first kappa shape index (κ1) is 27.4. The van der Waals surface area contributed by atoms with E-state index in [0.29, 0.717) is 22.5 Å². The van der Waals surface area contributed by atoms with Gasteiger partial charge in [0.2, 0.25) is 5.96 Å². The summed E-state index contributed by atoms with van der Waals surface area (Å²) in [5.41, 5.74) is 2.95. The molecule has 37 heavy (non-hydrogen) atoms. The number of hydrogen-bond acceptors (Lipinski definition) is 5. The van der Waals surface area contributed by atoms with Crippen LogP contribution in [0.25, 0.3) is 0 Å². The van der Waals surface area contributed by atoms with Gasteiger partial charge in [-0.05, 0) is 66.4 Å². The van der Waals surface area contributed by atoms with Gasteiger partial charge in [-0.3, -0.25) is 4.72 Å². The summed E-state index contributed by atoms with van der Waals surface area (Å²) in [7, 11) is -3.85. The van der Waals surface area contributed by atoms with Crippen molar-refractivity contribution in [2.45, 2.75) is 23.8 Å². The third-order valence-corrected chi connectivity index (χ3v) is 7.48. The van der Waals surface area contributed by atoms with Crippen molar-refractivity contribution in [3.05, 3.63) is 100 Å². The number of nitrogens with one attached hydrogen (secondary N) is 2. The molecule has 4 N–H and O–H groups in total. The molecule has 3 aromatic rings. The molecule has 0 unspecified atom stereocenters. The highest BCUT2D eigenvalue weighted by molar-refractivity contribution is 7.98. The molecule has 0 amide bonds. The maximum atomic E-state index is 11.5. The molecule has 194 valence electrons. The Kier molecular flexibility index (Phi) is 9.12. The van der Waals surface area contributed by atoms with E-state index < -0.39 is 16.3 Å². The molecule has 0 aromatic heterocycles. The second-order valence-electron chi connectivity index (χ2n) is 8.42. The predicted molar refractivity (Wildman–Crippen MR) is 152 cm³/mol. The first-order valence-corrected chi connectivity index (χ1v) is 14.5. The van der Waals surface area contributed by atoms with Crippen LogP contribution in [0.5, 0.6) is 0 Å². The number of aliphatic imine (C=N–C) groups is 1. The molecule has 0 radical (unpaired) electrons. The van der Waals surface area contributed by atoms with E-state index in [1.54, 1.807) is 24.1 Å². The molecule has 0 spiro atoms. The van der Waals surface area contributed by atoms with Crippen molar-refractivity contribution in [3.8, 4) is 0 Å². The summed E-state index contributed by atoms with van der Waals surface area (Å²) < 4.78 is 28.5. The Morgan fingerprint density at radius 3 is 2.32 bits per heavy atom. The Labute approximate surface area is 231 Å². The number of guanidine groups is 1. The second kappa shape index (κ2) is 12.3. The summed E-state index contributed by atoms with van der Waals surface area (Å²) >= 11 is 13.5. The van der Waals surface area contributed by atoms with Gasteiger partial charge >= 0.3 is 0 Å². The van der Waals surface area contributed by atoms with Crippen molar-refractivity contribution >= 4 is 57.0 Å². The van der Waals surface area contributed by atoms with E-state index in [1.807, 2.05) is 54.6 Å². The van der Waals surface area contributed by atoms with E-state index in [1.165, 1.54) is 11.9 Å². The van der Waals surface area contributed by atoms with Gasteiger partial charge in [0.1, 0.15) is 0 Å². The molecule has 1 aliphatic heterocycles. The van der Waals surface area contributed by atoms with Gasteiger partial charge < -0.3 is 0 Å². The largest absolute Gasteiger partial charge is 0.295 e. The minimum Gasteiger partial charge on any atom is -0.295 e. The van der Waals surface area contributed by atoms with E-state index in [9.17, 15) is 8.42 Å². The zero-order valence-corrected chi connectivity index (χ0v) is 23.0. The summed E-state index contributed by atoms with van der Waals surface area (Å²) in [6, 6.07) is 24.6. The molecule has 1 aliphatic rings. The van der Waals surface area contributed by atoms with E-state index in [2.05, 4.69) is 26.6 Å². The summed E-state index contributed by atoms with van der Waals surface area (Å²) in [5.74, 6) is 0.461. The van der Waals surface area contributed by atoms with Gasteiger partial charge in [-0.1, -0.05) is 65.7 Å². The van der Waals surface area contributed by atoms with Crippen molar-refractivity contribution in [1.29, 1.82) is 0 Å². The Bertz CT molecular complexity index is 1370. The molecule has 4 rings (SSSR count). The quantitative estimate of drug-likeness (QED) is 0.205. The highest BCUT2D eigenvalue weighted by Crippen LogP contribution is 2.30. The van der Waals surface area contributed by atoms with Crippen molar-refractivity contribution in [3.63, 3.8) is 0 Å².